The fraction of sp³-hybridized carbons (Fsp3) is 0.500. The van der Waals surface area contributed by atoms with Gasteiger partial charge >= 0.3 is 0 Å². The molecular weight excluding hydrogens is 302 g/mol. The molecular formula is C18H25N5O. The summed E-state index contributed by atoms with van der Waals surface area (Å²) in [6.45, 7) is 7.19. The number of rotatable bonds is 4. The van der Waals surface area contributed by atoms with Crippen LogP contribution in [-0.4, -0.2) is 38.3 Å². The summed E-state index contributed by atoms with van der Waals surface area (Å²) in [4.78, 5) is 17.2. The standard InChI is InChI=1S/C18H25N5O/c1-13(2)17-15(12-20-23(17)16-9-4-6-10-19-16)18(24)21-22-11-7-5-8-14(22)3/h4,6,9-10,12-14H,5,7-8,11H2,1-3H3,(H,21,24). The first-order valence-corrected chi connectivity index (χ1v) is 8.65. The van der Waals surface area contributed by atoms with Gasteiger partial charge in [-0.05, 0) is 37.8 Å². The van der Waals surface area contributed by atoms with Gasteiger partial charge in [-0.1, -0.05) is 26.3 Å². The first-order valence-electron chi connectivity index (χ1n) is 8.65. The molecule has 0 aliphatic carbocycles. The van der Waals surface area contributed by atoms with Gasteiger partial charge in [-0.15, -0.1) is 0 Å². The van der Waals surface area contributed by atoms with Gasteiger partial charge in [-0.3, -0.25) is 10.2 Å². The van der Waals surface area contributed by atoms with Crippen molar-refractivity contribution in [3.05, 3.63) is 41.9 Å². The van der Waals surface area contributed by atoms with Crippen molar-refractivity contribution >= 4 is 5.91 Å². The van der Waals surface area contributed by atoms with Gasteiger partial charge in [0.1, 0.15) is 0 Å². The summed E-state index contributed by atoms with van der Waals surface area (Å²) in [6, 6.07) is 6.06. The minimum Gasteiger partial charge on any atom is -0.284 e. The Morgan fingerprint density at radius 1 is 1.33 bits per heavy atom. The molecule has 0 radical (unpaired) electrons. The molecule has 1 saturated heterocycles. The van der Waals surface area contributed by atoms with E-state index in [2.05, 4.69) is 36.3 Å². The number of nitrogens with one attached hydrogen (secondary N) is 1. The summed E-state index contributed by atoms with van der Waals surface area (Å²) in [6.07, 6.45) is 6.84. The normalized spacial score (nSPS) is 18.8. The van der Waals surface area contributed by atoms with Crippen LogP contribution in [0, 0.1) is 0 Å². The minimum absolute atomic E-state index is 0.0883. The van der Waals surface area contributed by atoms with Crippen LogP contribution in [0.25, 0.3) is 5.82 Å². The number of carbonyl (C=O) groups is 1. The average Bonchev–Trinajstić information content (AvgIpc) is 3.03. The molecule has 1 unspecified atom stereocenters. The number of nitrogens with zero attached hydrogens (tertiary/aromatic N) is 4. The Kier molecular flexibility index (Phi) is 4.94. The number of hydrogen-bond acceptors (Lipinski definition) is 4. The van der Waals surface area contributed by atoms with Crippen molar-refractivity contribution in [3.63, 3.8) is 0 Å². The van der Waals surface area contributed by atoms with E-state index in [4.69, 9.17) is 0 Å². The highest BCUT2D eigenvalue weighted by Gasteiger charge is 2.25. The lowest BCUT2D eigenvalue weighted by molar-refractivity contribution is 0.0611. The first kappa shape index (κ1) is 16.6. The third-order valence-electron chi connectivity index (χ3n) is 4.51. The highest BCUT2D eigenvalue weighted by atomic mass is 16.2. The lowest BCUT2D eigenvalue weighted by atomic mass is 10.0. The van der Waals surface area contributed by atoms with Gasteiger partial charge in [0.25, 0.3) is 5.91 Å². The van der Waals surface area contributed by atoms with Gasteiger partial charge in [0, 0.05) is 18.8 Å². The molecule has 3 rings (SSSR count). The van der Waals surface area contributed by atoms with Crippen LogP contribution in [0.3, 0.4) is 0 Å². The topological polar surface area (TPSA) is 63.1 Å². The largest absolute Gasteiger partial charge is 0.284 e. The van der Waals surface area contributed by atoms with Crippen LogP contribution in [0.15, 0.2) is 30.6 Å². The quantitative estimate of drug-likeness (QED) is 0.938. The highest BCUT2D eigenvalue weighted by molar-refractivity contribution is 5.95. The Morgan fingerprint density at radius 2 is 2.17 bits per heavy atom. The molecule has 1 aliphatic rings. The van der Waals surface area contributed by atoms with E-state index in [0.717, 1.165) is 30.9 Å². The SMILES string of the molecule is CC(C)c1c(C(=O)NN2CCCCC2C)cnn1-c1ccccn1. The van der Waals surface area contributed by atoms with Gasteiger partial charge in [-0.2, -0.15) is 5.10 Å². The van der Waals surface area contributed by atoms with Crippen molar-refractivity contribution in [1.82, 2.24) is 25.2 Å². The highest BCUT2D eigenvalue weighted by Crippen LogP contribution is 2.23. The summed E-state index contributed by atoms with van der Waals surface area (Å²) in [5.74, 6) is 0.801. The molecule has 3 heterocycles. The van der Waals surface area contributed by atoms with Gasteiger partial charge in [0.05, 0.1) is 17.5 Å². The smallest absolute Gasteiger partial charge is 0.269 e. The van der Waals surface area contributed by atoms with E-state index in [1.165, 1.54) is 6.42 Å². The number of hydrogen-bond donors (Lipinski definition) is 1. The van der Waals surface area contributed by atoms with Crippen molar-refractivity contribution in [2.75, 3.05) is 6.54 Å². The molecule has 1 atom stereocenters. The summed E-state index contributed by atoms with van der Waals surface area (Å²) >= 11 is 0. The summed E-state index contributed by atoms with van der Waals surface area (Å²) in [7, 11) is 0. The molecule has 0 saturated carbocycles. The zero-order valence-electron chi connectivity index (χ0n) is 14.6. The molecule has 0 aromatic carbocycles. The Bertz CT molecular complexity index is 695. The molecule has 1 aliphatic heterocycles. The number of piperidine rings is 1. The molecule has 1 amide bonds. The Balaban J connectivity index is 1.88. The second-order valence-electron chi connectivity index (χ2n) is 6.68. The first-order chi connectivity index (χ1) is 11.6. The molecule has 6 heteroatoms. The van der Waals surface area contributed by atoms with E-state index in [9.17, 15) is 4.79 Å². The van der Waals surface area contributed by atoms with Gasteiger partial charge in [0.2, 0.25) is 0 Å². The van der Waals surface area contributed by atoms with Crippen molar-refractivity contribution in [2.45, 2.75) is 52.0 Å². The molecule has 0 spiro atoms. The summed E-state index contributed by atoms with van der Waals surface area (Å²) in [5, 5.41) is 6.47. The van der Waals surface area contributed by atoms with Crippen LogP contribution in [-0.2, 0) is 0 Å². The number of pyridine rings is 1. The molecule has 6 nitrogen and oxygen atoms in total. The summed E-state index contributed by atoms with van der Waals surface area (Å²) < 4.78 is 1.76. The van der Waals surface area contributed by atoms with E-state index in [1.807, 2.05) is 23.2 Å². The van der Waals surface area contributed by atoms with Gasteiger partial charge < -0.3 is 0 Å². The minimum atomic E-state index is -0.0883. The van der Waals surface area contributed by atoms with E-state index in [1.54, 1.807) is 17.1 Å². The van der Waals surface area contributed by atoms with Crippen LogP contribution >= 0.6 is 0 Å². The number of carbonyl (C=O) groups excluding carboxylic acids is 1. The molecule has 0 bridgehead atoms. The van der Waals surface area contributed by atoms with Crippen molar-refractivity contribution in [3.8, 4) is 5.82 Å². The van der Waals surface area contributed by atoms with Gasteiger partial charge in [-0.25, -0.2) is 14.7 Å². The van der Waals surface area contributed by atoms with Crippen molar-refractivity contribution < 1.29 is 4.79 Å². The molecule has 24 heavy (non-hydrogen) atoms. The molecule has 1 N–H and O–H groups in total. The Labute approximate surface area is 142 Å². The van der Waals surface area contributed by atoms with Crippen molar-refractivity contribution in [1.29, 1.82) is 0 Å². The van der Waals surface area contributed by atoms with Gasteiger partial charge in [0.15, 0.2) is 5.82 Å². The van der Waals surface area contributed by atoms with E-state index in [0.29, 0.717) is 11.6 Å². The van der Waals surface area contributed by atoms with Crippen LogP contribution in [0.1, 0.15) is 62.0 Å². The third kappa shape index (κ3) is 3.33. The Morgan fingerprint density at radius 3 is 2.83 bits per heavy atom. The number of hydrazine groups is 1. The van der Waals surface area contributed by atoms with Crippen LogP contribution in [0.5, 0.6) is 0 Å². The summed E-state index contributed by atoms with van der Waals surface area (Å²) in [5.41, 5.74) is 4.57. The second-order valence-corrected chi connectivity index (χ2v) is 6.68. The number of aromatic nitrogens is 3. The maximum Gasteiger partial charge on any atom is 0.269 e. The van der Waals surface area contributed by atoms with Crippen molar-refractivity contribution in [2.24, 2.45) is 0 Å². The Hall–Kier alpha value is -2.21. The number of amides is 1. The maximum absolute atomic E-state index is 12.8. The van der Waals surface area contributed by atoms with Crippen LogP contribution in [0.2, 0.25) is 0 Å². The lowest BCUT2D eigenvalue weighted by Crippen LogP contribution is -2.49. The van der Waals surface area contributed by atoms with E-state index >= 15 is 0 Å². The maximum atomic E-state index is 12.8. The average molecular weight is 327 g/mol. The third-order valence-corrected chi connectivity index (χ3v) is 4.51. The fourth-order valence-electron chi connectivity index (χ4n) is 3.20. The molecule has 2 aromatic heterocycles. The van der Waals surface area contributed by atoms with E-state index < -0.39 is 0 Å². The zero-order valence-corrected chi connectivity index (χ0v) is 14.6. The zero-order chi connectivity index (χ0) is 17.1. The second kappa shape index (κ2) is 7.13. The van der Waals surface area contributed by atoms with E-state index in [-0.39, 0.29) is 11.8 Å². The predicted molar refractivity (Wildman–Crippen MR) is 92.9 cm³/mol. The molecule has 1 fully saturated rings. The lowest BCUT2D eigenvalue weighted by Gasteiger charge is -2.33. The fourth-order valence-corrected chi connectivity index (χ4v) is 3.20. The predicted octanol–water partition coefficient (Wildman–Crippen LogP) is 2.91. The monoisotopic (exact) mass is 327 g/mol. The van der Waals surface area contributed by atoms with Crippen LogP contribution in [0.4, 0.5) is 0 Å². The van der Waals surface area contributed by atoms with Crippen LogP contribution < -0.4 is 5.43 Å². The molecule has 128 valence electrons. The molecule has 2 aromatic rings.